The minimum Gasteiger partial charge on any atom is -0.380 e. The average Bonchev–Trinajstić information content (AvgIpc) is 2.38. The van der Waals surface area contributed by atoms with Crippen LogP contribution in [0.1, 0.15) is 5.56 Å². The number of anilines is 1. The lowest BCUT2D eigenvalue weighted by Gasteiger charge is -2.11. The van der Waals surface area contributed by atoms with E-state index < -0.39 is 0 Å². The number of benzene rings is 2. The first-order valence-electron chi connectivity index (χ1n) is 5.51. The molecule has 0 spiro atoms. The Labute approximate surface area is 125 Å². The van der Waals surface area contributed by atoms with E-state index in [0.29, 0.717) is 0 Å². The van der Waals surface area contributed by atoms with Crippen molar-refractivity contribution in [3.05, 3.63) is 57.5 Å². The summed E-state index contributed by atoms with van der Waals surface area (Å²) in [6, 6.07) is 14.2. The average molecular weight is 343 g/mol. The standard InChI is InChI=1S/C14H13BrClNS/c1-18-14-5-3-2-4-13(14)17-9-10-6-7-11(16)8-12(10)15/h2-8,17H,9H2,1H3. The molecular formula is C14H13BrClNS. The van der Waals surface area contributed by atoms with Gasteiger partial charge in [-0.2, -0.15) is 0 Å². The first-order chi connectivity index (χ1) is 8.70. The van der Waals surface area contributed by atoms with Crippen LogP contribution in [0.2, 0.25) is 5.02 Å². The summed E-state index contributed by atoms with van der Waals surface area (Å²) in [6.45, 7) is 0.773. The third kappa shape index (κ3) is 3.44. The van der Waals surface area contributed by atoms with Crippen molar-refractivity contribution >= 4 is 45.0 Å². The molecule has 0 aromatic heterocycles. The molecule has 2 rings (SSSR count). The van der Waals surface area contributed by atoms with Gasteiger partial charge < -0.3 is 5.32 Å². The van der Waals surface area contributed by atoms with Crippen molar-refractivity contribution in [2.24, 2.45) is 0 Å². The topological polar surface area (TPSA) is 12.0 Å². The van der Waals surface area contributed by atoms with Crippen LogP contribution >= 0.6 is 39.3 Å². The summed E-state index contributed by atoms with van der Waals surface area (Å²) in [7, 11) is 0. The molecule has 0 amide bonds. The number of hydrogen-bond donors (Lipinski definition) is 1. The molecule has 0 atom stereocenters. The van der Waals surface area contributed by atoms with Crippen LogP contribution in [0.5, 0.6) is 0 Å². The van der Waals surface area contributed by atoms with Crippen molar-refractivity contribution < 1.29 is 0 Å². The highest BCUT2D eigenvalue weighted by molar-refractivity contribution is 9.10. The molecule has 0 bridgehead atoms. The predicted molar refractivity (Wildman–Crippen MR) is 84.7 cm³/mol. The molecule has 0 saturated carbocycles. The first-order valence-corrected chi connectivity index (χ1v) is 7.91. The molecule has 1 N–H and O–H groups in total. The van der Waals surface area contributed by atoms with E-state index in [1.807, 2.05) is 24.3 Å². The van der Waals surface area contributed by atoms with Crippen LogP contribution in [0.25, 0.3) is 0 Å². The highest BCUT2D eigenvalue weighted by Crippen LogP contribution is 2.27. The lowest BCUT2D eigenvalue weighted by atomic mass is 10.2. The molecule has 18 heavy (non-hydrogen) atoms. The number of hydrogen-bond acceptors (Lipinski definition) is 2. The lowest BCUT2D eigenvalue weighted by molar-refractivity contribution is 1.12. The van der Waals surface area contributed by atoms with E-state index in [-0.39, 0.29) is 0 Å². The van der Waals surface area contributed by atoms with Crippen LogP contribution in [-0.4, -0.2) is 6.26 Å². The summed E-state index contributed by atoms with van der Waals surface area (Å²) in [4.78, 5) is 1.25. The monoisotopic (exact) mass is 341 g/mol. The van der Waals surface area contributed by atoms with Gasteiger partial charge in [-0.3, -0.25) is 0 Å². The summed E-state index contributed by atoms with van der Waals surface area (Å²) in [6.07, 6.45) is 2.08. The minimum absolute atomic E-state index is 0.745. The SMILES string of the molecule is CSc1ccccc1NCc1ccc(Cl)cc1Br. The Morgan fingerprint density at radius 3 is 2.72 bits per heavy atom. The van der Waals surface area contributed by atoms with Crippen LogP contribution in [0, 0.1) is 0 Å². The van der Waals surface area contributed by atoms with Crippen molar-refractivity contribution in [3.8, 4) is 0 Å². The number of halogens is 2. The molecule has 94 valence electrons. The van der Waals surface area contributed by atoms with Crippen LogP contribution in [0.4, 0.5) is 5.69 Å². The van der Waals surface area contributed by atoms with Crippen LogP contribution in [-0.2, 0) is 6.54 Å². The summed E-state index contributed by atoms with van der Waals surface area (Å²) >= 11 is 11.2. The van der Waals surface area contributed by atoms with Gasteiger partial charge >= 0.3 is 0 Å². The maximum absolute atomic E-state index is 5.93. The Morgan fingerprint density at radius 2 is 2.00 bits per heavy atom. The van der Waals surface area contributed by atoms with Crippen molar-refractivity contribution in [1.29, 1.82) is 0 Å². The Hall–Kier alpha value is -0.640. The lowest BCUT2D eigenvalue weighted by Crippen LogP contribution is -2.01. The Balaban J connectivity index is 2.11. The first kappa shape index (κ1) is 13.8. The van der Waals surface area contributed by atoms with Gasteiger partial charge in [0.15, 0.2) is 0 Å². The number of rotatable bonds is 4. The summed E-state index contributed by atoms with van der Waals surface area (Å²) in [5.41, 5.74) is 2.35. The van der Waals surface area contributed by atoms with E-state index in [0.717, 1.165) is 21.7 Å². The third-order valence-corrected chi connectivity index (χ3v) is 4.36. The zero-order valence-electron chi connectivity index (χ0n) is 9.91. The molecule has 0 radical (unpaired) electrons. The van der Waals surface area contributed by atoms with E-state index in [1.54, 1.807) is 11.8 Å². The van der Waals surface area contributed by atoms with Gasteiger partial charge in [0, 0.05) is 26.6 Å². The van der Waals surface area contributed by atoms with Crippen molar-refractivity contribution in [1.82, 2.24) is 0 Å². The quantitative estimate of drug-likeness (QED) is 0.743. The molecule has 0 heterocycles. The normalized spacial score (nSPS) is 10.4. The predicted octanol–water partition coefficient (Wildman–Crippen LogP) is 5.44. The minimum atomic E-state index is 0.745. The Bertz CT molecular complexity index is 545. The van der Waals surface area contributed by atoms with E-state index in [4.69, 9.17) is 11.6 Å². The summed E-state index contributed by atoms with van der Waals surface area (Å²) in [5.74, 6) is 0. The zero-order chi connectivity index (χ0) is 13.0. The van der Waals surface area contributed by atoms with Crippen molar-refractivity contribution in [2.75, 3.05) is 11.6 Å². The highest BCUT2D eigenvalue weighted by atomic mass is 79.9. The highest BCUT2D eigenvalue weighted by Gasteiger charge is 2.03. The molecule has 0 aliphatic rings. The third-order valence-electron chi connectivity index (χ3n) is 2.59. The number of para-hydroxylation sites is 1. The maximum atomic E-state index is 5.93. The van der Waals surface area contributed by atoms with Gasteiger partial charge in [0.1, 0.15) is 0 Å². The maximum Gasteiger partial charge on any atom is 0.0480 e. The second-order valence-electron chi connectivity index (χ2n) is 3.79. The van der Waals surface area contributed by atoms with Gasteiger partial charge in [-0.25, -0.2) is 0 Å². The zero-order valence-corrected chi connectivity index (χ0v) is 13.1. The van der Waals surface area contributed by atoms with Crippen molar-refractivity contribution in [2.45, 2.75) is 11.4 Å². The Kier molecular flexibility index (Phi) is 4.98. The molecule has 0 aliphatic carbocycles. The number of thioether (sulfide) groups is 1. The molecular weight excluding hydrogens is 330 g/mol. The molecule has 1 nitrogen and oxygen atoms in total. The van der Waals surface area contributed by atoms with E-state index in [2.05, 4.69) is 45.7 Å². The van der Waals surface area contributed by atoms with Gasteiger partial charge in [-0.1, -0.05) is 45.7 Å². The summed E-state index contributed by atoms with van der Waals surface area (Å²) < 4.78 is 1.03. The van der Waals surface area contributed by atoms with E-state index in [9.17, 15) is 0 Å². The van der Waals surface area contributed by atoms with Gasteiger partial charge in [0.2, 0.25) is 0 Å². The molecule has 0 fully saturated rings. The number of nitrogens with one attached hydrogen (secondary N) is 1. The summed E-state index contributed by atoms with van der Waals surface area (Å²) in [5, 5.41) is 4.19. The van der Waals surface area contributed by atoms with Crippen LogP contribution in [0.3, 0.4) is 0 Å². The van der Waals surface area contributed by atoms with Crippen molar-refractivity contribution in [3.63, 3.8) is 0 Å². The molecule has 0 aliphatic heterocycles. The van der Waals surface area contributed by atoms with Crippen LogP contribution in [0.15, 0.2) is 51.8 Å². The fourth-order valence-corrected chi connectivity index (χ4v) is 3.04. The van der Waals surface area contributed by atoms with Gasteiger partial charge in [0.25, 0.3) is 0 Å². The molecule has 0 saturated heterocycles. The largest absolute Gasteiger partial charge is 0.380 e. The fraction of sp³-hybridized carbons (Fsp3) is 0.143. The van der Waals surface area contributed by atoms with Crippen LogP contribution < -0.4 is 5.32 Å². The van der Waals surface area contributed by atoms with Gasteiger partial charge in [-0.15, -0.1) is 11.8 Å². The molecule has 2 aromatic carbocycles. The molecule has 0 unspecified atom stereocenters. The fourth-order valence-electron chi connectivity index (χ4n) is 1.65. The smallest absolute Gasteiger partial charge is 0.0480 e. The molecule has 2 aromatic rings. The van der Waals surface area contributed by atoms with E-state index in [1.165, 1.54) is 10.5 Å². The Morgan fingerprint density at radius 1 is 1.22 bits per heavy atom. The molecule has 4 heteroatoms. The van der Waals surface area contributed by atoms with Gasteiger partial charge in [0.05, 0.1) is 0 Å². The van der Waals surface area contributed by atoms with Gasteiger partial charge in [-0.05, 0) is 36.1 Å². The second-order valence-corrected chi connectivity index (χ2v) is 5.93. The second kappa shape index (κ2) is 6.50. The van der Waals surface area contributed by atoms with E-state index >= 15 is 0 Å².